The molecule has 0 atom stereocenters. The average molecular weight is 303 g/mol. The first-order valence-corrected chi connectivity index (χ1v) is 7.35. The van der Waals surface area contributed by atoms with Crippen molar-refractivity contribution in [2.75, 3.05) is 0 Å². The molecule has 0 saturated heterocycles. The highest BCUT2D eigenvalue weighted by atomic mass is 35.5. The number of thiazole rings is 1. The molecule has 0 N–H and O–H groups in total. The minimum atomic E-state index is 0.137. The highest BCUT2D eigenvalue weighted by Gasteiger charge is 2.21. The minimum Gasteiger partial charge on any atom is -0.218 e. The lowest BCUT2D eigenvalue weighted by molar-refractivity contribution is 0.765. The van der Waals surface area contributed by atoms with Crippen molar-refractivity contribution in [3.8, 4) is 11.2 Å². The van der Waals surface area contributed by atoms with Gasteiger partial charge in [0.15, 0.2) is 5.15 Å². The number of rotatable bonds is 2. The van der Waals surface area contributed by atoms with E-state index in [-0.39, 0.29) is 5.92 Å². The highest BCUT2D eigenvalue weighted by Crippen LogP contribution is 2.31. The molecule has 2 aromatic heterocycles. The largest absolute Gasteiger partial charge is 0.218 e. The third-order valence-corrected chi connectivity index (χ3v) is 4.34. The lowest BCUT2D eigenvalue weighted by Gasteiger charge is -1.98. The molecule has 0 saturated carbocycles. The van der Waals surface area contributed by atoms with Gasteiger partial charge in [-0.1, -0.05) is 48.9 Å². The zero-order valence-corrected chi connectivity index (χ0v) is 12.5. The van der Waals surface area contributed by atoms with E-state index >= 15 is 0 Å². The van der Waals surface area contributed by atoms with Crippen LogP contribution in [0.3, 0.4) is 0 Å². The molecule has 1 aromatic carbocycles. The number of para-hydroxylation sites is 1. The Kier molecular flexibility index (Phi) is 3.20. The van der Waals surface area contributed by atoms with E-state index in [0.717, 1.165) is 10.2 Å². The lowest BCUT2D eigenvalue weighted by atomic mass is 10.1. The fourth-order valence-corrected chi connectivity index (χ4v) is 3.23. The summed E-state index contributed by atoms with van der Waals surface area (Å²) in [4.78, 5) is 4.52. The quantitative estimate of drug-likeness (QED) is 0.715. The second-order valence-electron chi connectivity index (χ2n) is 4.69. The smallest absolute Gasteiger partial charge is 0.212 e. The summed E-state index contributed by atoms with van der Waals surface area (Å²) in [5, 5.41) is 14.7. The number of halogens is 1. The second-order valence-corrected chi connectivity index (χ2v) is 6.06. The Morgan fingerprint density at radius 3 is 2.70 bits per heavy atom. The minimum absolute atomic E-state index is 0.137. The summed E-state index contributed by atoms with van der Waals surface area (Å²) >= 11 is 7.78. The van der Waals surface area contributed by atoms with Crippen LogP contribution >= 0.6 is 22.9 Å². The van der Waals surface area contributed by atoms with Gasteiger partial charge in [-0.15, -0.1) is 0 Å². The number of fused-ring (bicyclic) bond motifs is 1. The number of aromatic nitrogens is 3. The van der Waals surface area contributed by atoms with Crippen molar-refractivity contribution in [3.63, 3.8) is 0 Å². The fraction of sp³-hybridized carbons (Fsp3) is 0.214. The number of nitrogens with zero attached hydrogens (tertiary/aromatic N) is 4. The molecule has 6 heteroatoms. The highest BCUT2D eigenvalue weighted by molar-refractivity contribution is 7.20. The van der Waals surface area contributed by atoms with Crippen LogP contribution in [0.2, 0.25) is 5.15 Å². The van der Waals surface area contributed by atoms with Crippen LogP contribution in [0, 0.1) is 11.3 Å². The Morgan fingerprint density at radius 1 is 1.35 bits per heavy atom. The van der Waals surface area contributed by atoms with Crippen LogP contribution in [0.15, 0.2) is 24.3 Å². The summed E-state index contributed by atoms with van der Waals surface area (Å²) in [7, 11) is 0. The molecule has 0 aliphatic carbocycles. The molecule has 4 nitrogen and oxygen atoms in total. The van der Waals surface area contributed by atoms with Gasteiger partial charge in [-0.05, 0) is 18.1 Å². The first-order chi connectivity index (χ1) is 9.61. The fourth-order valence-electron chi connectivity index (χ4n) is 2.00. The van der Waals surface area contributed by atoms with Crippen LogP contribution in [0.25, 0.3) is 15.3 Å². The second kappa shape index (κ2) is 4.89. The lowest BCUT2D eigenvalue weighted by Crippen LogP contribution is -1.97. The van der Waals surface area contributed by atoms with Crippen LogP contribution in [0.1, 0.15) is 31.0 Å². The standard InChI is InChI=1S/C14H11ClN4S/c1-8(2)12-9(7-16)13(15)19(18-12)14-17-10-5-3-4-6-11(10)20-14/h3-6,8H,1-2H3. The summed E-state index contributed by atoms with van der Waals surface area (Å²) < 4.78 is 2.62. The number of nitriles is 1. The van der Waals surface area contributed by atoms with E-state index in [4.69, 9.17) is 11.6 Å². The Labute approximate surface area is 125 Å². The van der Waals surface area contributed by atoms with Crippen molar-refractivity contribution >= 4 is 33.2 Å². The van der Waals surface area contributed by atoms with E-state index in [9.17, 15) is 5.26 Å². The molecule has 0 spiro atoms. The van der Waals surface area contributed by atoms with Gasteiger partial charge in [0.25, 0.3) is 0 Å². The predicted molar refractivity (Wildman–Crippen MR) is 80.6 cm³/mol. The molecule has 3 rings (SSSR count). The molecule has 100 valence electrons. The molecule has 2 heterocycles. The molecule has 0 fully saturated rings. The Balaban J connectivity index is 2.22. The Bertz CT molecular complexity index is 792. The Hall–Kier alpha value is -1.90. The van der Waals surface area contributed by atoms with Gasteiger partial charge in [0, 0.05) is 0 Å². The first kappa shape index (κ1) is 13.1. The zero-order chi connectivity index (χ0) is 14.3. The molecular formula is C14H11ClN4S. The van der Waals surface area contributed by atoms with Crippen molar-refractivity contribution in [2.45, 2.75) is 19.8 Å². The number of hydrogen-bond donors (Lipinski definition) is 0. The van der Waals surface area contributed by atoms with Crippen LogP contribution < -0.4 is 0 Å². The summed E-state index contributed by atoms with van der Waals surface area (Å²) in [5.74, 6) is 0.137. The van der Waals surface area contributed by atoms with Crippen molar-refractivity contribution in [1.29, 1.82) is 5.26 Å². The van der Waals surface area contributed by atoms with E-state index in [1.165, 1.54) is 11.3 Å². The van der Waals surface area contributed by atoms with Gasteiger partial charge in [0.05, 0.1) is 15.9 Å². The van der Waals surface area contributed by atoms with E-state index in [2.05, 4.69) is 16.2 Å². The maximum Gasteiger partial charge on any atom is 0.212 e. The van der Waals surface area contributed by atoms with Gasteiger partial charge in [-0.2, -0.15) is 15.0 Å². The van der Waals surface area contributed by atoms with E-state index in [0.29, 0.717) is 21.5 Å². The van der Waals surface area contributed by atoms with Gasteiger partial charge in [-0.3, -0.25) is 0 Å². The molecule has 20 heavy (non-hydrogen) atoms. The van der Waals surface area contributed by atoms with Crippen molar-refractivity contribution in [2.24, 2.45) is 0 Å². The maximum absolute atomic E-state index is 9.24. The molecule has 3 aromatic rings. The van der Waals surface area contributed by atoms with Gasteiger partial charge >= 0.3 is 0 Å². The summed E-state index contributed by atoms with van der Waals surface area (Å²) in [6.07, 6.45) is 0. The summed E-state index contributed by atoms with van der Waals surface area (Å²) in [6.45, 7) is 3.98. The number of benzene rings is 1. The van der Waals surface area contributed by atoms with Crippen LogP contribution in [0.5, 0.6) is 0 Å². The average Bonchev–Trinajstić information content (AvgIpc) is 2.98. The van der Waals surface area contributed by atoms with E-state index < -0.39 is 0 Å². The van der Waals surface area contributed by atoms with Gasteiger partial charge in [0.2, 0.25) is 5.13 Å². The van der Waals surface area contributed by atoms with Gasteiger partial charge in [-0.25, -0.2) is 4.98 Å². The monoisotopic (exact) mass is 302 g/mol. The maximum atomic E-state index is 9.24. The first-order valence-electron chi connectivity index (χ1n) is 6.16. The predicted octanol–water partition coefficient (Wildman–Crippen LogP) is 4.13. The topological polar surface area (TPSA) is 54.5 Å². The van der Waals surface area contributed by atoms with E-state index in [1.54, 1.807) is 4.68 Å². The molecular weight excluding hydrogens is 292 g/mol. The molecule has 0 aliphatic rings. The van der Waals surface area contributed by atoms with Crippen molar-refractivity contribution in [1.82, 2.24) is 14.8 Å². The van der Waals surface area contributed by atoms with Gasteiger partial charge < -0.3 is 0 Å². The van der Waals surface area contributed by atoms with Crippen LogP contribution in [-0.2, 0) is 0 Å². The van der Waals surface area contributed by atoms with Crippen LogP contribution in [-0.4, -0.2) is 14.8 Å². The molecule has 0 radical (unpaired) electrons. The normalized spacial score (nSPS) is 11.2. The zero-order valence-electron chi connectivity index (χ0n) is 11.0. The molecule has 0 unspecified atom stereocenters. The molecule has 0 bridgehead atoms. The SMILES string of the molecule is CC(C)c1nn(-c2nc3ccccc3s2)c(Cl)c1C#N. The number of hydrogen-bond acceptors (Lipinski definition) is 4. The van der Waals surface area contributed by atoms with Crippen molar-refractivity contribution in [3.05, 3.63) is 40.7 Å². The van der Waals surface area contributed by atoms with Crippen LogP contribution in [0.4, 0.5) is 0 Å². The van der Waals surface area contributed by atoms with Gasteiger partial charge in [0.1, 0.15) is 11.6 Å². The molecule has 0 aliphatic heterocycles. The summed E-state index contributed by atoms with van der Waals surface area (Å²) in [5.41, 5.74) is 2.04. The Morgan fingerprint density at radius 2 is 2.10 bits per heavy atom. The third-order valence-electron chi connectivity index (χ3n) is 2.98. The van der Waals surface area contributed by atoms with Crippen molar-refractivity contribution < 1.29 is 0 Å². The summed E-state index contributed by atoms with van der Waals surface area (Å²) in [6, 6.07) is 9.99. The third kappa shape index (κ3) is 1.98. The molecule has 0 amide bonds. The van der Waals surface area contributed by atoms with E-state index in [1.807, 2.05) is 38.1 Å².